The molecule has 2 rings (SSSR count). The lowest BCUT2D eigenvalue weighted by molar-refractivity contribution is 0.420. The smallest absolute Gasteiger partial charge is 0.128 e. The summed E-state index contributed by atoms with van der Waals surface area (Å²) < 4.78 is 5.19. The van der Waals surface area contributed by atoms with Crippen molar-refractivity contribution in [2.45, 2.75) is 0 Å². The van der Waals surface area contributed by atoms with E-state index in [2.05, 4.69) is 4.98 Å². The first-order chi connectivity index (χ1) is 6.31. The van der Waals surface area contributed by atoms with Crippen LogP contribution in [0, 0.1) is 0 Å². The maximum atomic E-state index is 5.63. The third-order valence-corrected chi connectivity index (χ3v) is 1.93. The third kappa shape index (κ3) is 1.28. The van der Waals surface area contributed by atoms with Crippen LogP contribution in [0.2, 0.25) is 0 Å². The van der Waals surface area contributed by atoms with Crippen LogP contribution >= 0.6 is 0 Å². The van der Waals surface area contributed by atoms with E-state index in [-0.39, 0.29) is 0 Å². The lowest BCUT2D eigenvalue weighted by Crippen LogP contribution is -1.90. The van der Waals surface area contributed by atoms with Crippen molar-refractivity contribution in [2.75, 3.05) is 12.8 Å². The summed E-state index contributed by atoms with van der Waals surface area (Å²) in [7, 11) is 1.64. The fourth-order valence-electron chi connectivity index (χ4n) is 1.32. The average Bonchev–Trinajstić information content (AvgIpc) is 2.17. The van der Waals surface area contributed by atoms with Crippen molar-refractivity contribution in [1.82, 2.24) is 4.98 Å². The summed E-state index contributed by atoms with van der Waals surface area (Å²) >= 11 is 0. The monoisotopic (exact) mass is 174 g/mol. The summed E-state index contributed by atoms with van der Waals surface area (Å²) in [6.45, 7) is 0. The highest BCUT2D eigenvalue weighted by Gasteiger charge is 2.00. The lowest BCUT2D eigenvalue weighted by Gasteiger charge is -2.04. The number of hydrogen-bond donors (Lipinski definition) is 1. The summed E-state index contributed by atoms with van der Waals surface area (Å²) in [6.07, 6.45) is 1.64. The minimum absolute atomic E-state index is 0.650. The van der Waals surface area contributed by atoms with Gasteiger partial charge in [-0.1, -0.05) is 6.07 Å². The van der Waals surface area contributed by atoms with Crippen molar-refractivity contribution < 1.29 is 4.74 Å². The van der Waals surface area contributed by atoms with Crippen LogP contribution in [0.3, 0.4) is 0 Å². The average molecular weight is 174 g/mol. The van der Waals surface area contributed by atoms with E-state index in [1.165, 1.54) is 0 Å². The van der Waals surface area contributed by atoms with Gasteiger partial charge in [0.25, 0.3) is 0 Å². The van der Waals surface area contributed by atoms with Crippen LogP contribution in [0.5, 0.6) is 5.75 Å². The van der Waals surface area contributed by atoms with Gasteiger partial charge in [-0.25, -0.2) is 0 Å². The first kappa shape index (κ1) is 7.86. The van der Waals surface area contributed by atoms with Gasteiger partial charge in [0.15, 0.2) is 0 Å². The number of aromatic nitrogens is 1. The van der Waals surface area contributed by atoms with Gasteiger partial charge in [-0.05, 0) is 18.2 Å². The zero-order valence-electron chi connectivity index (χ0n) is 7.32. The minimum Gasteiger partial charge on any atom is -0.496 e. The van der Waals surface area contributed by atoms with Gasteiger partial charge in [-0.15, -0.1) is 0 Å². The molecule has 66 valence electrons. The Balaban J connectivity index is 2.79. The standard InChI is InChI=1S/C10H10N2O/c1-13-10-4-2-3-9-8(10)5-7(11)6-12-9/h2-6H,11H2,1H3. The van der Waals surface area contributed by atoms with Gasteiger partial charge in [-0.2, -0.15) is 0 Å². The molecule has 1 heterocycles. The number of nitrogens with zero attached hydrogens (tertiary/aromatic N) is 1. The second-order valence-electron chi connectivity index (χ2n) is 2.80. The molecule has 0 aliphatic carbocycles. The molecule has 0 radical (unpaired) electrons. The van der Waals surface area contributed by atoms with E-state index < -0.39 is 0 Å². The van der Waals surface area contributed by atoms with Crippen molar-refractivity contribution in [3.05, 3.63) is 30.5 Å². The summed E-state index contributed by atoms with van der Waals surface area (Å²) in [5.41, 5.74) is 7.18. The zero-order valence-corrected chi connectivity index (χ0v) is 7.32. The number of pyridine rings is 1. The molecule has 13 heavy (non-hydrogen) atoms. The van der Waals surface area contributed by atoms with Crippen molar-refractivity contribution >= 4 is 16.6 Å². The maximum absolute atomic E-state index is 5.63. The van der Waals surface area contributed by atoms with E-state index >= 15 is 0 Å². The molecule has 0 aliphatic heterocycles. The predicted molar refractivity (Wildman–Crippen MR) is 52.7 cm³/mol. The number of nitrogen functional groups attached to an aromatic ring is 1. The largest absolute Gasteiger partial charge is 0.496 e. The molecule has 2 N–H and O–H groups in total. The van der Waals surface area contributed by atoms with Crippen LogP contribution in [-0.4, -0.2) is 12.1 Å². The molecule has 0 fully saturated rings. The number of rotatable bonds is 1. The first-order valence-electron chi connectivity index (χ1n) is 3.99. The van der Waals surface area contributed by atoms with Crippen LogP contribution in [0.25, 0.3) is 10.9 Å². The molecule has 0 bridgehead atoms. The summed E-state index contributed by atoms with van der Waals surface area (Å²) in [4.78, 5) is 4.18. The van der Waals surface area contributed by atoms with Gasteiger partial charge in [-0.3, -0.25) is 4.98 Å². The van der Waals surface area contributed by atoms with Gasteiger partial charge in [0.05, 0.1) is 24.5 Å². The van der Waals surface area contributed by atoms with E-state index in [0.29, 0.717) is 5.69 Å². The number of ether oxygens (including phenoxy) is 1. The van der Waals surface area contributed by atoms with E-state index in [1.54, 1.807) is 13.3 Å². The topological polar surface area (TPSA) is 48.1 Å². The minimum atomic E-state index is 0.650. The zero-order chi connectivity index (χ0) is 9.26. The Labute approximate surface area is 76.2 Å². The predicted octanol–water partition coefficient (Wildman–Crippen LogP) is 1.83. The molecule has 0 aliphatic rings. The molecule has 3 heteroatoms. The third-order valence-electron chi connectivity index (χ3n) is 1.93. The van der Waals surface area contributed by atoms with E-state index in [4.69, 9.17) is 10.5 Å². The molecule has 0 saturated heterocycles. The summed E-state index contributed by atoms with van der Waals surface area (Å²) in [6, 6.07) is 7.59. The quantitative estimate of drug-likeness (QED) is 0.717. The van der Waals surface area contributed by atoms with Gasteiger partial charge < -0.3 is 10.5 Å². The Morgan fingerprint density at radius 2 is 2.23 bits per heavy atom. The molecular formula is C10H10N2O. The number of fused-ring (bicyclic) bond motifs is 1. The Bertz CT molecular complexity index is 440. The molecule has 0 unspecified atom stereocenters. The summed E-state index contributed by atoms with van der Waals surface area (Å²) in [5, 5.41) is 0.949. The fraction of sp³-hybridized carbons (Fsp3) is 0.100. The van der Waals surface area contributed by atoms with Gasteiger partial charge in [0, 0.05) is 5.39 Å². The Hall–Kier alpha value is -1.77. The van der Waals surface area contributed by atoms with E-state index in [0.717, 1.165) is 16.7 Å². The highest BCUT2D eigenvalue weighted by Crippen LogP contribution is 2.24. The fourth-order valence-corrected chi connectivity index (χ4v) is 1.32. The molecule has 3 nitrogen and oxygen atoms in total. The first-order valence-corrected chi connectivity index (χ1v) is 3.99. The number of anilines is 1. The van der Waals surface area contributed by atoms with E-state index in [1.807, 2.05) is 24.3 Å². The number of hydrogen-bond acceptors (Lipinski definition) is 3. The maximum Gasteiger partial charge on any atom is 0.128 e. The van der Waals surface area contributed by atoms with Gasteiger partial charge in [0.1, 0.15) is 5.75 Å². The molecule has 0 spiro atoms. The van der Waals surface area contributed by atoms with E-state index in [9.17, 15) is 0 Å². The molecule has 0 amide bonds. The second-order valence-corrected chi connectivity index (χ2v) is 2.80. The van der Waals surface area contributed by atoms with Crippen molar-refractivity contribution in [2.24, 2.45) is 0 Å². The molecule has 0 saturated carbocycles. The Morgan fingerprint density at radius 1 is 1.38 bits per heavy atom. The number of nitrogens with two attached hydrogens (primary N) is 1. The number of methoxy groups -OCH3 is 1. The molecule has 0 atom stereocenters. The van der Waals surface area contributed by atoms with Gasteiger partial charge in [0.2, 0.25) is 0 Å². The van der Waals surface area contributed by atoms with Crippen LogP contribution in [-0.2, 0) is 0 Å². The lowest BCUT2D eigenvalue weighted by atomic mass is 10.2. The van der Waals surface area contributed by atoms with Crippen LogP contribution in [0.15, 0.2) is 30.5 Å². The number of benzene rings is 1. The normalized spacial score (nSPS) is 10.2. The molecule has 1 aromatic carbocycles. The Kier molecular flexibility index (Phi) is 1.77. The molecule has 2 aromatic rings. The van der Waals surface area contributed by atoms with Crippen molar-refractivity contribution in [3.63, 3.8) is 0 Å². The van der Waals surface area contributed by atoms with Crippen LogP contribution in [0.4, 0.5) is 5.69 Å². The SMILES string of the molecule is COc1cccc2ncc(N)cc12. The van der Waals surface area contributed by atoms with Crippen LogP contribution in [0.1, 0.15) is 0 Å². The van der Waals surface area contributed by atoms with Crippen molar-refractivity contribution in [1.29, 1.82) is 0 Å². The molecule has 1 aromatic heterocycles. The highest BCUT2D eigenvalue weighted by molar-refractivity contribution is 5.87. The van der Waals surface area contributed by atoms with Crippen molar-refractivity contribution in [3.8, 4) is 5.75 Å². The van der Waals surface area contributed by atoms with Gasteiger partial charge >= 0.3 is 0 Å². The second kappa shape index (κ2) is 2.94. The molecular weight excluding hydrogens is 164 g/mol. The Morgan fingerprint density at radius 3 is 3.00 bits per heavy atom. The van der Waals surface area contributed by atoms with Crippen LogP contribution < -0.4 is 10.5 Å². The summed E-state index contributed by atoms with van der Waals surface area (Å²) in [5.74, 6) is 0.803. The highest BCUT2D eigenvalue weighted by atomic mass is 16.5.